The van der Waals surface area contributed by atoms with Crippen LogP contribution >= 0.6 is 0 Å². The molecule has 0 unspecified atom stereocenters. The van der Waals surface area contributed by atoms with Gasteiger partial charge in [0, 0.05) is 52.5 Å². The molecule has 1 spiro atoms. The Hall–Kier alpha value is -2.69. The van der Waals surface area contributed by atoms with Crippen LogP contribution in [0.1, 0.15) is 33.8 Å². The van der Waals surface area contributed by atoms with Crippen LogP contribution in [0.3, 0.4) is 0 Å². The Balaban J connectivity index is 1.73. The lowest BCUT2D eigenvalue weighted by Gasteiger charge is -2.41. The van der Waals surface area contributed by atoms with Crippen molar-refractivity contribution in [1.82, 2.24) is 19.8 Å². The standard InChI is InChI=1S/C19H22N4O6/c1-22(12(24)11-27-2)15-16(18(26)14-13(17(15)25)20-5-6-21-14)23-7-3-19(4-8-23)28-9-10-29-19/h5-6H,3-4,7-11H2,1-2H3. The van der Waals surface area contributed by atoms with Gasteiger partial charge in [0.05, 0.1) is 13.2 Å². The molecule has 10 heteroatoms. The van der Waals surface area contributed by atoms with Crippen LogP contribution in [-0.2, 0) is 19.0 Å². The molecule has 0 radical (unpaired) electrons. The third-order valence-corrected chi connectivity index (χ3v) is 5.42. The van der Waals surface area contributed by atoms with E-state index in [-0.39, 0.29) is 29.4 Å². The molecule has 1 aliphatic carbocycles. The number of ketones is 2. The van der Waals surface area contributed by atoms with Gasteiger partial charge in [-0.25, -0.2) is 9.97 Å². The highest BCUT2D eigenvalue weighted by Crippen LogP contribution is 2.35. The first kappa shape index (κ1) is 19.6. The summed E-state index contributed by atoms with van der Waals surface area (Å²) in [4.78, 5) is 50.0. The lowest BCUT2D eigenvalue weighted by Crippen LogP contribution is -2.49. The zero-order chi connectivity index (χ0) is 20.6. The second kappa shape index (κ2) is 7.62. The number of carbonyl (C=O) groups excluding carboxylic acids is 3. The number of hydrogen-bond donors (Lipinski definition) is 0. The van der Waals surface area contributed by atoms with E-state index < -0.39 is 23.3 Å². The maximum atomic E-state index is 13.3. The van der Waals surface area contributed by atoms with Crippen LogP contribution in [0.25, 0.3) is 0 Å². The van der Waals surface area contributed by atoms with Crippen molar-refractivity contribution in [2.24, 2.45) is 0 Å². The molecular weight excluding hydrogens is 380 g/mol. The van der Waals surface area contributed by atoms with Crippen molar-refractivity contribution in [3.05, 3.63) is 35.2 Å². The quantitative estimate of drug-likeness (QED) is 0.687. The van der Waals surface area contributed by atoms with E-state index in [4.69, 9.17) is 14.2 Å². The number of hydrogen-bond acceptors (Lipinski definition) is 9. The van der Waals surface area contributed by atoms with Crippen molar-refractivity contribution in [3.63, 3.8) is 0 Å². The zero-order valence-corrected chi connectivity index (χ0v) is 16.3. The van der Waals surface area contributed by atoms with Gasteiger partial charge in [0.1, 0.15) is 29.4 Å². The van der Waals surface area contributed by atoms with Gasteiger partial charge in [-0.1, -0.05) is 0 Å². The molecule has 1 aromatic rings. The summed E-state index contributed by atoms with van der Waals surface area (Å²) in [6.45, 7) is 1.76. The fourth-order valence-electron chi connectivity index (χ4n) is 3.92. The van der Waals surface area contributed by atoms with Crippen LogP contribution < -0.4 is 0 Å². The number of fused-ring (bicyclic) bond motifs is 1. The minimum Gasteiger partial charge on any atom is -0.375 e. The number of Topliss-reactive ketones (excluding diaryl/α,β-unsaturated/α-hetero) is 2. The number of nitrogens with zero attached hydrogens (tertiary/aromatic N) is 4. The Bertz CT molecular complexity index is 882. The number of piperidine rings is 1. The molecule has 29 heavy (non-hydrogen) atoms. The molecule has 3 heterocycles. The SMILES string of the molecule is COCC(=O)N(C)C1=C(N2CCC3(CC2)OCCO3)C(=O)c2nccnc2C1=O. The topological polar surface area (TPSA) is 111 Å². The van der Waals surface area contributed by atoms with E-state index in [2.05, 4.69) is 9.97 Å². The number of likely N-dealkylation sites (N-methyl/N-ethyl adjacent to an activating group) is 1. The van der Waals surface area contributed by atoms with Gasteiger partial charge in [0.15, 0.2) is 5.79 Å². The molecule has 154 valence electrons. The second-order valence-corrected chi connectivity index (χ2v) is 7.09. The smallest absolute Gasteiger partial charge is 0.252 e. The van der Waals surface area contributed by atoms with E-state index in [1.165, 1.54) is 31.5 Å². The first-order chi connectivity index (χ1) is 14.0. The number of amides is 1. The number of allylic oxidation sites excluding steroid dienone is 2. The van der Waals surface area contributed by atoms with Gasteiger partial charge >= 0.3 is 0 Å². The third-order valence-electron chi connectivity index (χ3n) is 5.42. The first-order valence-corrected chi connectivity index (χ1v) is 9.40. The summed E-state index contributed by atoms with van der Waals surface area (Å²) in [5.74, 6) is -2.01. The molecule has 2 aliphatic heterocycles. The Morgan fingerprint density at radius 2 is 1.72 bits per heavy atom. The minimum absolute atomic E-state index is 0.00232. The molecule has 0 N–H and O–H groups in total. The maximum Gasteiger partial charge on any atom is 0.252 e. The van der Waals surface area contributed by atoms with E-state index in [0.29, 0.717) is 39.1 Å². The van der Waals surface area contributed by atoms with Crippen molar-refractivity contribution in [3.8, 4) is 0 Å². The predicted octanol–water partition coefficient (Wildman–Crippen LogP) is 0.0109. The van der Waals surface area contributed by atoms with Crippen LogP contribution in [0.4, 0.5) is 0 Å². The monoisotopic (exact) mass is 402 g/mol. The van der Waals surface area contributed by atoms with Crippen molar-refractivity contribution in [2.75, 3.05) is 47.1 Å². The van der Waals surface area contributed by atoms with Gasteiger partial charge in [-0.05, 0) is 0 Å². The molecular formula is C19H22N4O6. The fourth-order valence-corrected chi connectivity index (χ4v) is 3.92. The van der Waals surface area contributed by atoms with Gasteiger partial charge < -0.3 is 24.0 Å². The lowest BCUT2D eigenvalue weighted by molar-refractivity contribution is -0.182. The van der Waals surface area contributed by atoms with Gasteiger partial charge in [-0.15, -0.1) is 0 Å². The van der Waals surface area contributed by atoms with Gasteiger partial charge in [0.25, 0.3) is 5.91 Å². The highest BCUT2D eigenvalue weighted by atomic mass is 16.7. The second-order valence-electron chi connectivity index (χ2n) is 7.09. The number of methoxy groups -OCH3 is 1. The maximum absolute atomic E-state index is 13.3. The Labute approximate surface area is 167 Å². The van der Waals surface area contributed by atoms with Crippen LogP contribution in [-0.4, -0.2) is 90.1 Å². The Morgan fingerprint density at radius 3 is 2.31 bits per heavy atom. The first-order valence-electron chi connectivity index (χ1n) is 9.40. The highest BCUT2D eigenvalue weighted by molar-refractivity contribution is 6.25. The van der Waals surface area contributed by atoms with E-state index in [1.807, 2.05) is 0 Å². The minimum atomic E-state index is -0.631. The molecule has 0 saturated carbocycles. The Morgan fingerprint density at radius 1 is 1.14 bits per heavy atom. The fraction of sp³-hybridized carbons (Fsp3) is 0.526. The van der Waals surface area contributed by atoms with E-state index >= 15 is 0 Å². The molecule has 0 bridgehead atoms. The number of carbonyl (C=O) groups is 3. The normalized spacial score (nSPS) is 21.0. The highest BCUT2D eigenvalue weighted by Gasteiger charge is 2.45. The zero-order valence-electron chi connectivity index (χ0n) is 16.3. The number of ether oxygens (including phenoxy) is 3. The van der Waals surface area contributed by atoms with Gasteiger partial charge in [0.2, 0.25) is 11.6 Å². The van der Waals surface area contributed by atoms with Gasteiger partial charge in [-0.2, -0.15) is 0 Å². The molecule has 2 saturated heterocycles. The average molecular weight is 402 g/mol. The van der Waals surface area contributed by atoms with Crippen molar-refractivity contribution in [1.29, 1.82) is 0 Å². The van der Waals surface area contributed by atoms with Crippen LogP contribution in [0, 0.1) is 0 Å². The Kier molecular flexibility index (Phi) is 5.15. The van der Waals surface area contributed by atoms with Gasteiger partial charge in [-0.3, -0.25) is 14.4 Å². The summed E-state index contributed by atoms with van der Waals surface area (Å²) < 4.78 is 16.4. The van der Waals surface area contributed by atoms with Crippen molar-refractivity contribution < 1.29 is 28.6 Å². The van der Waals surface area contributed by atoms with E-state index in [0.717, 1.165) is 0 Å². The summed E-state index contributed by atoms with van der Waals surface area (Å²) in [6.07, 6.45) is 3.82. The largest absolute Gasteiger partial charge is 0.375 e. The molecule has 3 aliphatic rings. The third kappa shape index (κ3) is 3.33. The van der Waals surface area contributed by atoms with Crippen molar-refractivity contribution >= 4 is 17.5 Å². The summed E-state index contributed by atoms with van der Waals surface area (Å²) in [5.41, 5.74) is 0.0961. The van der Waals surface area contributed by atoms with Crippen LogP contribution in [0.5, 0.6) is 0 Å². The molecule has 1 aromatic heterocycles. The summed E-state index contributed by atoms with van der Waals surface area (Å²) in [7, 11) is 2.85. The van der Waals surface area contributed by atoms with E-state index in [9.17, 15) is 14.4 Å². The molecule has 0 aromatic carbocycles. The summed E-state index contributed by atoms with van der Waals surface area (Å²) in [5, 5.41) is 0. The molecule has 2 fully saturated rings. The average Bonchev–Trinajstić information content (AvgIpc) is 3.19. The van der Waals surface area contributed by atoms with E-state index in [1.54, 1.807) is 4.90 Å². The van der Waals surface area contributed by atoms with Crippen molar-refractivity contribution in [2.45, 2.75) is 18.6 Å². The predicted molar refractivity (Wildman–Crippen MR) is 97.8 cm³/mol. The molecule has 10 nitrogen and oxygen atoms in total. The molecule has 1 amide bonds. The number of rotatable bonds is 4. The number of aromatic nitrogens is 2. The molecule has 4 rings (SSSR count). The summed E-state index contributed by atoms with van der Waals surface area (Å²) in [6, 6.07) is 0. The summed E-state index contributed by atoms with van der Waals surface area (Å²) >= 11 is 0. The van der Waals surface area contributed by atoms with Crippen LogP contribution in [0.2, 0.25) is 0 Å². The lowest BCUT2D eigenvalue weighted by atomic mass is 9.94. The number of likely N-dealkylation sites (tertiary alicyclic amines) is 1. The molecule has 0 atom stereocenters. The van der Waals surface area contributed by atoms with Crippen LogP contribution in [0.15, 0.2) is 23.8 Å².